The number of aromatic carboxylic acids is 1. The van der Waals surface area contributed by atoms with Gasteiger partial charge >= 0.3 is 5.97 Å². The highest BCUT2D eigenvalue weighted by Crippen LogP contribution is 2.37. The van der Waals surface area contributed by atoms with E-state index in [2.05, 4.69) is 10.2 Å². The van der Waals surface area contributed by atoms with E-state index >= 15 is 0 Å². The fourth-order valence-electron chi connectivity index (χ4n) is 2.10. The molecule has 0 bridgehead atoms. The molecule has 16 heavy (non-hydrogen) atoms. The van der Waals surface area contributed by atoms with Crippen LogP contribution in [0.4, 0.5) is 0 Å². The zero-order valence-corrected chi connectivity index (χ0v) is 9.20. The topological polar surface area (TPSA) is 68.0 Å². The van der Waals surface area contributed by atoms with E-state index in [0.29, 0.717) is 5.56 Å². The molecule has 0 saturated heterocycles. The molecule has 0 atom stereocenters. The Hall–Kier alpha value is -1.69. The van der Waals surface area contributed by atoms with Crippen LogP contribution in [0, 0.1) is 0 Å². The number of aromatic nitrogens is 3. The second kappa shape index (κ2) is 3.41. The number of fused-ring (bicyclic) bond motifs is 1. The Morgan fingerprint density at radius 3 is 2.81 bits per heavy atom. The summed E-state index contributed by atoms with van der Waals surface area (Å²) in [5, 5.41) is 17.4. The maximum Gasteiger partial charge on any atom is 0.339 e. The van der Waals surface area contributed by atoms with E-state index in [4.69, 9.17) is 0 Å². The molecule has 0 aromatic carbocycles. The van der Waals surface area contributed by atoms with Gasteiger partial charge < -0.3 is 5.11 Å². The summed E-state index contributed by atoms with van der Waals surface area (Å²) in [5.41, 5.74) is 1.43. The fraction of sp³-hybridized carbons (Fsp3) is 0.300. The molecule has 0 unspecified atom stereocenters. The first kappa shape index (κ1) is 9.53. The van der Waals surface area contributed by atoms with E-state index < -0.39 is 5.97 Å². The first-order chi connectivity index (χ1) is 7.77. The Bertz CT molecular complexity index is 545. The van der Waals surface area contributed by atoms with Crippen molar-refractivity contribution in [2.75, 3.05) is 0 Å². The highest BCUT2D eigenvalue weighted by atomic mass is 32.1. The number of carboxylic acid groups (broad SMARTS) is 1. The van der Waals surface area contributed by atoms with Crippen molar-refractivity contribution >= 4 is 17.3 Å². The largest absolute Gasteiger partial charge is 0.478 e. The van der Waals surface area contributed by atoms with Crippen molar-refractivity contribution in [3.8, 4) is 5.00 Å². The quantitative estimate of drug-likeness (QED) is 0.856. The first-order valence-electron chi connectivity index (χ1n) is 5.00. The molecule has 0 spiro atoms. The van der Waals surface area contributed by atoms with Gasteiger partial charge in [-0.05, 0) is 24.8 Å². The SMILES string of the molecule is O=C(O)c1c(-n2cnnc2)sc2c1CCC2. The normalized spacial score (nSPS) is 14.0. The average Bonchev–Trinajstić information content (AvgIpc) is 2.92. The summed E-state index contributed by atoms with van der Waals surface area (Å²) in [6.45, 7) is 0. The summed E-state index contributed by atoms with van der Waals surface area (Å²) in [7, 11) is 0. The van der Waals surface area contributed by atoms with Crippen LogP contribution in [0.15, 0.2) is 12.7 Å². The molecule has 6 heteroatoms. The number of nitrogens with zero attached hydrogens (tertiary/aromatic N) is 3. The molecule has 82 valence electrons. The van der Waals surface area contributed by atoms with Crippen LogP contribution in [0.2, 0.25) is 0 Å². The third-order valence-electron chi connectivity index (χ3n) is 2.77. The molecule has 1 N–H and O–H groups in total. The minimum Gasteiger partial charge on any atom is -0.478 e. The summed E-state index contributed by atoms with van der Waals surface area (Å²) in [4.78, 5) is 12.5. The lowest BCUT2D eigenvalue weighted by Crippen LogP contribution is -2.03. The predicted molar refractivity (Wildman–Crippen MR) is 58.2 cm³/mol. The molecule has 1 aliphatic rings. The Morgan fingerprint density at radius 1 is 1.38 bits per heavy atom. The van der Waals surface area contributed by atoms with E-state index in [1.54, 1.807) is 4.57 Å². The van der Waals surface area contributed by atoms with Crippen molar-refractivity contribution in [3.05, 3.63) is 28.7 Å². The van der Waals surface area contributed by atoms with Crippen molar-refractivity contribution in [3.63, 3.8) is 0 Å². The average molecular weight is 235 g/mol. The molecule has 0 saturated carbocycles. The van der Waals surface area contributed by atoms with Gasteiger partial charge in [0.15, 0.2) is 0 Å². The van der Waals surface area contributed by atoms with E-state index in [0.717, 1.165) is 29.8 Å². The lowest BCUT2D eigenvalue weighted by atomic mass is 10.1. The van der Waals surface area contributed by atoms with Gasteiger partial charge in [0.1, 0.15) is 17.7 Å². The second-order valence-electron chi connectivity index (χ2n) is 3.71. The molecule has 5 nitrogen and oxygen atoms in total. The highest BCUT2D eigenvalue weighted by Gasteiger charge is 2.26. The van der Waals surface area contributed by atoms with Gasteiger partial charge in [0.2, 0.25) is 0 Å². The maximum absolute atomic E-state index is 11.3. The first-order valence-corrected chi connectivity index (χ1v) is 5.82. The summed E-state index contributed by atoms with van der Waals surface area (Å²) in [6.07, 6.45) is 5.99. The summed E-state index contributed by atoms with van der Waals surface area (Å²) in [6, 6.07) is 0. The van der Waals surface area contributed by atoms with Gasteiger partial charge in [-0.2, -0.15) is 0 Å². The number of rotatable bonds is 2. The van der Waals surface area contributed by atoms with Crippen LogP contribution in [0.3, 0.4) is 0 Å². The Balaban J connectivity index is 2.22. The smallest absolute Gasteiger partial charge is 0.339 e. The third kappa shape index (κ3) is 1.26. The van der Waals surface area contributed by atoms with Crippen LogP contribution in [-0.4, -0.2) is 25.8 Å². The molecule has 2 aromatic heterocycles. The lowest BCUT2D eigenvalue weighted by molar-refractivity contribution is 0.0696. The third-order valence-corrected chi connectivity index (χ3v) is 4.08. The second-order valence-corrected chi connectivity index (χ2v) is 4.80. The molecule has 0 fully saturated rings. The Labute approximate surface area is 95.4 Å². The molecule has 0 amide bonds. The minimum absolute atomic E-state index is 0.428. The van der Waals surface area contributed by atoms with Crippen LogP contribution < -0.4 is 0 Å². The van der Waals surface area contributed by atoms with Gasteiger partial charge in [-0.15, -0.1) is 21.5 Å². The number of aryl methyl sites for hydroxylation is 1. The molecule has 2 aromatic rings. The van der Waals surface area contributed by atoms with Gasteiger partial charge in [0.05, 0.1) is 5.56 Å². The number of carboxylic acids is 1. The van der Waals surface area contributed by atoms with E-state index in [-0.39, 0.29) is 0 Å². The molecule has 0 aliphatic heterocycles. The molecule has 1 aliphatic carbocycles. The molecular weight excluding hydrogens is 226 g/mol. The number of thiophene rings is 1. The number of hydrogen-bond acceptors (Lipinski definition) is 4. The predicted octanol–water partition coefficient (Wildman–Crippen LogP) is 1.52. The van der Waals surface area contributed by atoms with Gasteiger partial charge in [-0.25, -0.2) is 4.79 Å². The van der Waals surface area contributed by atoms with Crippen molar-refractivity contribution in [1.29, 1.82) is 0 Å². The van der Waals surface area contributed by atoms with Crippen molar-refractivity contribution in [1.82, 2.24) is 14.8 Å². The van der Waals surface area contributed by atoms with Crippen LogP contribution in [-0.2, 0) is 12.8 Å². The highest BCUT2D eigenvalue weighted by molar-refractivity contribution is 7.15. The Morgan fingerprint density at radius 2 is 2.12 bits per heavy atom. The zero-order valence-electron chi connectivity index (χ0n) is 8.38. The van der Waals surface area contributed by atoms with Gasteiger partial charge in [0.25, 0.3) is 0 Å². The van der Waals surface area contributed by atoms with E-state index in [1.807, 2.05) is 0 Å². The van der Waals surface area contributed by atoms with Crippen molar-refractivity contribution in [2.45, 2.75) is 19.3 Å². The van der Waals surface area contributed by atoms with E-state index in [1.165, 1.54) is 28.9 Å². The Kier molecular flexibility index (Phi) is 2.03. The summed E-state index contributed by atoms with van der Waals surface area (Å²) >= 11 is 1.54. The minimum atomic E-state index is -0.858. The lowest BCUT2D eigenvalue weighted by Gasteiger charge is -2.00. The summed E-state index contributed by atoms with van der Waals surface area (Å²) < 4.78 is 1.67. The van der Waals surface area contributed by atoms with Crippen molar-refractivity contribution < 1.29 is 9.90 Å². The maximum atomic E-state index is 11.3. The molecule has 0 radical (unpaired) electrons. The summed E-state index contributed by atoms with van der Waals surface area (Å²) in [5.74, 6) is -0.858. The monoisotopic (exact) mass is 235 g/mol. The van der Waals surface area contributed by atoms with Crippen LogP contribution in [0.25, 0.3) is 5.00 Å². The molecule has 3 rings (SSSR count). The fourth-order valence-corrected chi connectivity index (χ4v) is 3.42. The molecule has 2 heterocycles. The zero-order chi connectivity index (χ0) is 11.1. The van der Waals surface area contributed by atoms with Crippen LogP contribution in [0.1, 0.15) is 27.2 Å². The van der Waals surface area contributed by atoms with Crippen molar-refractivity contribution in [2.24, 2.45) is 0 Å². The van der Waals surface area contributed by atoms with Crippen LogP contribution >= 0.6 is 11.3 Å². The van der Waals surface area contributed by atoms with Gasteiger partial charge in [-0.1, -0.05) is 0 Å². The van der Waals surface area contributed by atoms with E-state index in [9.17, 15) is 9.90 Å². The number of hydrogen-bond donors (Lipinski definition) is 1. The van der Waals surface area contributed by atoms with Crippen LogP contribution in [0.5, 0.6) is 0 Å². The molecular formula is C10H9N3O2S. The standard InChI is InChI=1S/C10H9N3O2S/c14-10(15)8-6-2-1-3-7(6)16-9(8)13-4-11-12-5-13/h4-5H,1-3H2,(H,14,15). The number of carbonyl (C=O) groups is 1. The van der Waals surface area contributed by atoms with Gasteiger partial charge in [-0.3, -0.25) is 4.57 Å². The van der Waals surface area contributed by atoms with Gasteiger partial charge in [0, 0.05) is 4.88 Å².